The molecule has 0 bridgehead atoms. The fourth-order valence-electron chi connectivity index (χ4n) is 1.98. The van der Waals surface area contributed by atoms with Gasteiger partial charge in [0.05, 0.1) is 16.6 Å². The molecular formula is C14H9BrFN3O2. The smallest absolute Gasteiger partial charge is 0.322 e. The second kappa shape index (κ2) is 5.17. The molecule has 0 atom stereocenters. The highest BCUT2D eigenvalue weighted by Crippen LogP contribution is 2.18. The molecule has 21 heavy (non-hydrogen) atoms. The van der Waals surface area contributed by atoms with E-state index in [1.807, 2.05) is 0 Å². The van der Waals surface area contributed by atoms with Crippen molar-refractivity contribution >= 4 is 38.6 Å². The number of aromatic amines is 2. The Labute approximate surface area is 126 Å². The van der Waals surface area contributed by atoms with Crippen LogP contribution in [0.25, 0.3) is 11.0 Å². The first-order valence-electron chi connectivity index (χ1n) is 6.01. The van der Waals surface area contributed by atoms with E-state index in [9.17, 15) is 14.0 Å². The van der Waals surface area contributed by atoms with Crippen LogP contribution in [0.1, 0.15) is 10.4 Å². The maximum absolute atomic E-state index is 13.7. The number of imidazole rings is 1. The number of fused-ring (bicyclic) bond motifs is 1. The molecule has 0 spiro atoms. The summed E-state index contributed by atoms with van der Waals surface area (Å²) in [6, 6.07) is 9.08. The predicted octanol–water partition coefficient (Wildman–Crippen LogP) is 3.01. The van der Waals surface area contributed by atoms with Crippen molar-refractivity contribution in [2.45, 2.75) is 0 Å². The summed E-state index contributed by atoms with van der Waals surface area (Å²) in [4.78, 5) is 28.4. The molecule has 2 aromatic carbocycles. The van der Waals surface area contributed by atoms with Crippen molar-refractivity contribution in [1.29, 1.82) is 0 Å². The van der Waals surface area contributed by atoms with Crippen LogP contribution in [0.4, 0.5) is 10.1 Å². The van der Waals surface area contributed by atoms with Crippen molar-refractivity contribution in [3.63, 3.8) is 0 Å². The Morgan fingerprint density at radius 2 is 1.86 bits per heavy atom. The van der Waals surface area contributed by atoms with Gasteiger partial charge in [-0.3, -0.25) is 4.79 Å². The number of amides is 1. The van der Waals surface area contributed by atoms with E-state index < -0.39 is 11.7 Å². The van der Waals surface area contributed by atoms with Gasteiger partial charge in [-0.1, -0.05) is 15.9 Å². The number of hydrogen-bond donors (Lipinski definition) is 3. The SMILES string of the molecule is O=C(Nc1ccc2[nH]c(=O)[nH]c2c1)c1ccc(Br)cc1F. The lowest BCUT2D eigenvalue weighted by Gasteiger charge is -2.06. The number of halogens is 2. The molecule has 5 nitrogen and oxygen atoms in total. The van der Waals surface area contributed by atoms with E-state index in [1.165, 1.54) is 12.1 Å². The van der Waals surface area contributed by atoms with Crippen LogP contribution >= 0.6 is 15.9 Å². The van der Waals surface area contributed by atoms with Gasteiger partial charge >= 0.3 is 5.69 Å². The lowest BCUT2D eigenvalue weighted by molar-refractivity contribution is 0.102. The Kier molecular flexibility index (Phi) is 3.34. The second-order valence-electron chi connectivity index (χ2n) is 4.42. The molecule has 0 aliphatic heterocycles. The molecule has 0 fully saturated rings. The minimum atomic E-state index is -0.613. The van der Waals surface area contributed by atoms with E-state index in [0.29, 0.717) is 21.2 Å². The Morgan fingerprint density at radius 1 is 1.10 bits per heavy atom. The highest BCUT2D eigenvalue weighted by Gasteiger charge is 2.12. The third-order valence-corrected chi connectivity index (χ3v) is 3.44. The van der Waals surface area contributed by atoms with Gasteiger partial charge in [-0.2, -0.15) is 0 Å². The summed E-state index contributed by atoms with van der Waals surface area (Å²) >= 11 is 3.13. The Bertz CT molecular complexity index is 901. The maximum atomic E-state index is 13.7. The molecule has 3 rings (SSSR count). The van der Waals surface area contributed by atoms with E-state index >= 15 is 0 Å². The number of carbonyl (C=O) groups is 1. The van der Waals surface area contributed by atoms with Crippen molar-refractivity contribution in [3.05, 3.63) is 62.7 Å². The van der Waals surface area contributed by atoms with Crippen LogP contribution in [-0.2, 0) is 0 Å². The van der Waals surface area contributed by atoms with Gasteiger partial charge in [-0.15, -0.1) is 0 Å². The van der Waals surface area contributed by atoms with Crippen molar-refractivity contribution < 1.29 is 9.18 Å². The lowest BCUT2D eigenvalue weighted by atomic mass is 10.2. The molecule has 1 heterocycles. The summed E-state index contributed by atoms with van der Waals surface area (Å²) in [5.41, 5.74) is 1.28. The van der Waals surface area contributed by atoms with Crippen molar-refractivity contribution in [2.75, 3.05) is 5.32 Å². The molecule has 0 unspecified atom stereocenters. The molecular weight excluding hydrogens is 341 g/mol. The van der Waals surface area contributed by atoms with Gasteiger partial charge in [-0.05, 0) is 36.4 Å². The van der Waals surface area contributed by atoms with Crippen LogP contribution in [0.3, 0.4) is 0 Å². The minimum absolute atomic E-state index is 0.0548. The van der Waals surface area contributed by atoms with Crippen LogP contribution in [0.5, 0.6) is 0 Å². The zero-order valence-electron chi connectivity index (χ0n) is 10.5. The molecule has 3 N–H and O–H groups in total. The average Bonchev–Trinajstić information content (AvgIpc) is 2.77. The van der Waals surface area contributed by atoms with Crippen LogP contribution < -0.4 is 11.0 Å². The van der Waals surface area contributed by atoms with E-state index in [-0.39, 0.29) is 11.3 Å². The standard InChI is InChI=1S/C14H9BrFN3O2/c15-7-1-3-9(10(16)5-7)13(20)17-8-2-4-11-12(6-8)19-14(21)18-11/h1-6H,(H,17,20)(H2,18,19,21). The molecule has 0 saturated heterocycles. The number of anilines is 1. The molecule has 106 valence electrons. The van der Waals surface area contributed by atoms with E-state index in [0.717, 1.165) is 0 Å². The summed E-state index contributed by atoms with van der Waals surface area (Å²) in [7, 11) is 0. The fraction of sp³-hybridized carbons (Fsp3) is 0. The summed E-state index contributed by atoms with van der Waals surface area (Å²) < 4.78 is 14.3. The normalized spacial score (nSPS) is 10.8. The van der Waals surface area contributed by atoms with Crippen LogP contribution in [0.2, 0.25) is 0 Å². The number of aromatic nitrogens is 2. The topological polar surface area (TPSA) is 77.8 Å². The van der Waals surface area contributed by atoms with Gasteiger partial charge in [0, 0.05) is 10.2 Å². The van der Waals surface area contributed by atoms with Gasteiger partial charge < -0.3 is 15.3 Å². The predicted molar refractivity (Wildman–Crippen MR) is 81.0 cm³/mol. The second-order valence-corrected chi connectivity index (χ2v) is 5.33. The molecule has 0 radical (unpaired) electrons. The average molecular weight is 350 g/mol. The van der Waals surface area contributed by atoms with Crippen LogP contribution in [0.15, 0.2) is 45.7 Å². The molecule has 7 heteroatoms. The molecule has 3 aromatic rings. The van der Waals surface area contributed by atoms with Crippen molar-refractivity contribution in [2.24, 2.45) is 0 Å². The zero-order chi connectivity index (χ0) is 15.0. The van der Waals surface area contributed by atoms with Gasteiger partial charge in [0.1, 0.15) is 5.82 Å². The number of rotatable bonds is 2. The van der Waals surface area contributed by atoms with E-state index in [2.05, 4.69) is 31.2 Å². The van der Waals surface area contributed by atoms with Crippen LogP contribution in [0, 0.1) is 5.82 Å². The summed E-state index contributed by atoms with van der Waals surface area (Å²) in [6.45, 7) is 0. The number of carbonyl (C=O) groups excluding carboxylic acids is 1. The number of nitrogens with one attached hydrogen (secondary N) is 3. The van der Waals surface area contributed by atoms with Crippen LogP contribution in [-0.4, -0.2) is 15.9 Å². The van der Waals surface area contributed by atoms with Gasteiger partial charge in [0.25, 0.3) is 5.91 Å². The Hall–Kier alpha value is -2.41. The minimum Gasteiger partial charge on any atom is -0.322 e. The number of hydrogen-bond acceptors (Lipinski definition) is 2. The van der Waals surface area contributed by atoms with E-state index in [1.54, 1.807) is 24.3 Å². The first-order chi connectivity index (χ1) is 10.0. The maximum Gasteiger partial charge on any atom is 0.323 e. The highest BCUT2D eigenvalue weighted by atomic mass is 79.9. The summed E-state index contributed by atoms with van der Waals surface area (Å²) in [6.07, 6.45) is 0. The molecule has 0 aliphatic rings. The molecule has 1 aromatic heterocycles. The van der Waals surface area contributed by atoms with Gasteiger partial charge in [0.15, 0.2) is 0 Å². The third kappa shape index (κ3) is 2.73. The molecule has 1 amide bonds. The monoisotopic (exact) mass is 349 g/mol. The zero-order valence-corrected chi connectivity index (χ0v) is 12.1. The third-order valence-electron chi connectivity index (χ3n) is 2.95. The number of benzene rings is 2. The first-order valence-corrected chi connectivity index (χ1v) is 6.81. The molecule has 0 aliphatic carbocycles. The van der Waals surface area contributed by atoms with Gasteiger partial charge in [-0.25, -0.2) is 9.18 Å². The number of H-pyrrole nitrogens is 2. The molecule has 0 saturated carbocycles. The fourth-order valence-corrected chi connectivity index (χ4v) is 2.32. The quantitative estimate of drug-likeness (QED) is 0.664. The summed E-state index contributed by atoms with van der Waals surface area (Å²) in [5, 5.41) is 2.59. The Morgan fingerprint density at radius 3 is 2.62 bits per heavy atom. The van der Waals surface area contributed by atoms with Gasteiger partial charge in [0.2, 0.25) is 0 Å². The lowest BCUT2D eigenvalue weighted by Crippen LogP contribution is -2.13. The van der Waals surface area contributed by atoms with Crippen molar-refractivity contribution in [3.8, 4) is 0 Å². The Balaban J connectivity index is 1.90. The highest BCUT2D eigenvalue weighted by molar-refractivity contribution is 9.10. The first kappa shape index (κ1) is 13.6. The van der Waals surface area contributed by atoms with E-state index in [4.69, 9.17) is 0 Å². The largest absolute Gasteiger partial charge is 0.323 e. The summed E-state index contributed by atoms with van der Waals surface area (Å²) in [5.74, 6) is -1.17. The van der Waals surface area contributed by atoms with Crippen molar-refractivity contribution in [1.82, 2.24) is 9.97 Å².